The second kappa shape index (κ2) is 5.52. The Bertz CT molecular complexity index is 325. The minimum absolute atomic E-state index is 0.237. The van der Waals surface area contributed by atoms with Crippen LogP contribution >= 0.6 is 11.8 Å². The molecule has 0 aliphatic rings. The van der Waals surface area contributed by atoms with Gasteiger partial charge in [-0.2, -0.15) is 0 Å². The van der Waals surface area contributed by atoms with Crippen LogP contribution in [0.5, 0.6) is 0 Å². The minimum Gasteiger partial charge on any atom is -0.389 e. The quantitative estimate of drug-likeness (QED) is 0.792. The van der Waals surface area contributed by atoms with E-state index in [1.54, 1.807) is 19.1 Å². The van der Waals surface area contributed by atoms with Gasteiger partial charge in [0.15, 0.2) is 0 Å². The summed E-state index contributed by atoms with van der Waals surface area (Å²) < 4.78 is 13.6. The van der Waals surface area contributed by atoms with Crippen LogP contribution in [0.2, 0.25) is 0 Å². The molecular formula is C12H17FOS. The normalized spacial score (nSPS) is 15.0. The molecule has 0 fully saturated rings. The fourth-order valence-electron chi connectivity index (χ4n) is 1.17. The van der Waals surface area contributed by atoms with E-state index in [1.807, 2.05) is 0 Å². The molecule has 0 bridgehead atoms. The molecule has 1 nitrogen and oxygen atoms in total. The van der Waals surface area contributed by atoms with Gasteiger partial charge in [-0.05, 0) is 31.0 Å². The lowest BCUT2D eigenvalue weighted by atomic mass is 10.1. The Morgan fingerprint density at radius 1 is 1.40 bits per heavy atom. The van der Waals surface area contributed by atoms with Gasteiger partial charge in [0, 0.05) is 10.1 Å². The van der Waals surface area contributed by atoms with Crippen LogP contribution in [0.25, 0.3) is 0 Å². The average molecular weight is 228 g/mol. The maximum absolute atomic E-state index is 13.6. The van der Waals surface area contributed by atoms with E-state index >= 15 is 0 Å². The first kappa shape index (κ1) is 12.5. The lowest BCUT2D eigenvalue weighted by Gasteiger charge is -2.11. The van der Waals surface area contributed by atoms with Gasteiger partial charge in [-0.25, -0.2) is 4.39 Å². The van der Waals surface area contributed by atoms with E-state index in [9.17, 15) is 9.50 Å². The topological polar surface area (TPSA) is 20.2 Å². The Hall–Kier alpha value is -0.540. The molecule has 2 unspecified atom stereocenters. The van der Waals surface area contributed by atoms with Gasteiger partial charge in [-0.3, -0.25) is 0 Å². The monoisotopic (exact) mass is 228 g/mol. The van der Waals surface area contributed by atoms with Gasteiger partial charge in [-0.15, -0.1) is 11.8 Å². The van der Waals surface area contributed by atoms with Crippen molar-refractivity contribution >= 4 is 11.8 Å². The highest BCUT2D eigenvalue weighted by atomic mass is 32.2. The number of halogens is 1. The zero-order valence-corrected chi connectivity index (χ0v) is 10.1. The second-order valence-electron chi connectivity index (χ2n) is 3.70. The molecule has 0 heterocycles. The summed E-state index contributed by atoms with van der Waals surface area (Å²) in [6.07, 6.45) is 0.407. The maximum atomic E-state index is 13.6. The van der Waals surface area contributed by atoms with E-state index in [-0.39, 0.29) is 5.82 Å². The molecule has 0 amide bonds. The summed E-state index contributed by atoms with van der Waals surface area (Å²) in [4.78, 5) is 0.661. The molecule has 0 saturated heterocycles. The van der Waals surface area contributed by atoms with E-state index in [1.165, 1.54) is 17.8 Å². The first-order valence-corrected chi connectivity index (χ1v) is 6.06. The van der Waals surface area contributed by atoms with Crippen LogP contribution in [0.3, 0.4) is 0 Å². The highest BCUT2D eigenvalue weighted by molar-refractivity contribution is 7.99. The van der Waals surface area contributed by atoms with Crippen LogP contribution in [-0.2, 0) is 0 Å². The zero-order chi connectivity index (χ0) is 11.4. The predicted octanol–water partition coefficient (Wildman–Crippen LogP) is 3.77. The summed E-state index contributed by atoms with van der Waals surface area (Å²) in [5.41, 5.74) is 0.626. The smallest absolute Gasteiger partial charge is 0.137 e. The Morgan fingerprint density at radius 2 is 2.07 bits per heavy atom. The molecule has 84 valence electrons. The number of hydrogen-bond acceptors (Lipinski definition) is 2. The molecule has 2 atom stereocenters. The number of thioether (sulfide) groups is 1. The molecule has 3 heteroatoms. The lowest BCUT2D eigenvalue weighted by molar-refractivity contribution is 0.198. The molecule has 15 heavy (non-hydrogen) atoms. The van der Waals surface area contributed by atoms with Crippen LogP contribution in [0.4, 0.5) is 4.39 Å². The molecule has 1 rings (SSSR count). The Balaban J connectivity index is 2.83. The first-order chi connectivity index (χ1) is 7.04. The average Bonchev–Trinajstić information content (AvgIpc) is 2.20. The van der Waals surface area contributed by atoms with E-state index in [0.717, 1.165) is 6.42 Å². The number of aliphatic hydroxyl groups excluding tert-OH is 1. The summed E-state index contributed by atoms with van der Waals surface area (Å²) >= 11 is 1.53. The molecule has 0 radical (unpaired) electrons. The van der Waals surface area contributed by atoms with Crippen molar-refractivity contribution in [2.24, 2.45) is 0 Å². The fourth-order valence-corrected chi connectivity index (χ4v) is 2.09. The van der Waals surface area contributed by atoms with Crippen molar-refractivity contribution < 1.29 is 9.50 Å². The molecule has 1 aromatic rings. The standard InChI is InChI=1S/C12H17FOS/c1-4-8(2)15-12-6-5-10(9(3)14)7-11(12)13/h5-9,14H,4H2,1-3H3. The Labute approximate surface area is 94.7 Å². The largest absolute Gasteiger partial charge is 0.389 e. The van der Waals surface area contributed by atoms with Crippen molar-refractivity contribution in [2.45, 2.75) is 43.4 Å². The molecule has 0 aromatic heterocycles. The van der Waals surface area contributed by atoms with Crippen molar-refractivity contribution in [2.75, 3.05) is 0 Å². The molecule has 0 aliphatic carbocycles. The predicted molar refractivity (Wildman–Crippen MR) is 62.6 cm³/mol. The van der Waals surface area contributed by atoms with E-state index < -0.39 is 6.10 Å². The second-order valence-corrected chi connectivity index (χ2v) is 5.18. The van der Waals surface area contributed by atoms with Crippen LogP contribution in [0.15, 0.2) is 23.1 Å². The van der Waals surface area contributed by atoms with Crippen LogP contribution < -0.4 is 0 Å². The fraction of sp³-hybridized carbons (Fsp3) is 0.500. The first-order valence-electron chi connectivity index (χ1n) is 5.18. The van der Waals surface area contributed by atoms with E-state index in [4.69, 9.17) is 0 Å². The summed E-state index contributed by atoms with van der Waals surface area (Å²) in [6, 6.07) is 4.93. The van der Waals surface area contributed by atoms with Gasteiger partial charge in [-0.1, -0.05) is 19.9 Å². The summed E-state index contributed by atoms with van der Waals surface area (Å²) in [5, 5.41) is 9.71. The van der Waals surface area contributed by atoms with Crippen molar-refractivity contribution in [3.05, 3.63) is 29.6 Å². The van der Waals surface area contributed by atoms with Gasteiger partial charge in [0.2, 0.25) is 0 Å². The summed E-state index contributed by atoms with van der Waals surface area (Å²) in [6.45, 7) is 5.79. The van der Waals surface area contributed by atoms with Crippen LogP contribution in [0, 0.1) is 5.82 Å². The van der Waals surface area contributed by atoms with Crippen molar-refractivity contribution in [3.8, 4) is 0 Å². The molecule has 0 aliphatic heterocycles. The number of rotatable bonds is 4. The molecular weight excluding hydrogens is 211 g/mol. The number of benzene rings is 1. The van der Waals surface area contributed by atoms with Crippen molar-refractivity contribution in [3.63, 3.8) is 0 Å². The van der Waals surface area contributed by atoms with Gasteiger partial charge in [0.25, 0.3) is 0 Å². The molecule has 1 N–H and O–H groups in total. The van der Waals surface area contributed by atoms with Gasteiger partial charge in [0.1, 0.15) is 5.82 Å². The Kier molecular flexibility index (Phi) is 4.61. The molecule has 0 saturated carbocycles. The SMILES string of the molecule is CCC(C)Sc1ccc(C(C)O)cc1F. The van der Waals surface area contributed by atoms with Gasteiger partial charge >= 0.3 is 0 Å². The van der Waals surface area contributed by atoms with Crippen LogP contribution in [0.1, 0.15) is 38.9 Å². The number of hydrogen-bond donors (Lipinski definition) is 1. The molecule has 1 aromatic carbocycles. The summed E-state index contributed by atoms with van der Waals surface area (Å²) in [5.74, 6) is -0.237. The van der Waals surface area contributed by atoms with Crippen molar-refractivity contribution in [1.82, 2.24) is 0 Å². The lowest BCUT2D eigenvalue weighted by Crippen LogP contribution is -1.96. The zero-order valence-electron chi connectivity index (χ0n) is 9.33. The third kappa shape index (κ3) is 3.50. The van der Waals surface area contributed by atoms with Gasteiger partial charge in [0.05, 0.1) is 6.10 Å². The molecule has 0 spiro atoms. The Morgan fingerprint density at radius 3 is 2.53 bits per heavy atom. The van der Waals surface area contributed by atoms with Crippen LogP contribution in [-0.4, -0.2) is 10.4 Å². The highest BCUT2D eigenvalue weighted by Crippen LogP contribution is 2.29. The summed E-state index contributed by atoms with van der Waals surface area (Å²) in [7, 11) is 0. The van der Waals surface area contributed by atoms with Gasteiger partial charge < -0.3 is 5.11 Å². The van der Waals surface area contributed by atoms with Crippen molar-refractivity contribution in [1.29, 1.82) is 0 Å². The number of aliphatic hydroxyl groups is 1. The highest BCUT2D eigenvalue weighted by Gasteiger charge is 2.09. The van der Waals surface area contributed by atoms with E-state index in [0.29, 0.717) is 15.7 Å². The maximum Gasteiger partial charge on any atom is 0.137 e. The third-order valence-corrected chi connectivity index (χ3v) is 3.66. The minimum atomic E-state index is -0.609. The van der Waals surface area contributed by atoms with E-state index in [2.05, 4.69) is 13.8 Å². The third-order valence-electron chi connectivity index (χ3n) is 2.34.